The van der Waals surface area contributed by atoms with Gasteiger partial charge in [0.15, 0.2) is 0 Å². The van der Waals surface area contributed by atoms with E-state index in [4.69, 9.17) is 4.74 Å². The third kappa shape index (κ3) is 5.59. The average Bonchev–Trinajstić information content (AvgIpc) is 3.11. The Morgan fingerprint density at radius 3 is 2.38 bits per heavy atom. The van der Waals surface area contributed by atoms with Gasteiger partial charge < -0.3 is 15.0 Å². The summed E-state index contributed by atoms with van der Waals surface area (Å²) in [5, 5.41) is 4.72. The smallest absolute Gasteiger partial charge is 0.407 e. The molecule has 6 heteroatoms. The number of rotatable bonds is 5. The lowest BCUT2D eigenvalue weighted by molar-refractivity contribution is 0.0523. The van der Waals surface area contributed by atoms with Crippen molar-refractivity contribution in [2.24, 2.45) is 0 Å². The topological polar surface area (TPSA) is 58.6 Å². The minimum atomic E-state index is -0.524. The molecule has 0 radical (unpaired) electrons. The van der Waals surface area contributed by atoms with Crippen molar-refractivity contribution in [1.82, 2.24) is 10.2 Å². The molecule has 1 heterocycles. The van der Waals surface area contributed by atoms with E-state index in [1.165, 1.54) is 0 Å². The van der Waals surface area contributed by atoms with Gasteiger partial charge in [0.05, 0.1) is 6.04 Å². The fourth-order valence-corrected chi connectivity index (χ4v) is 3.18. The van der Waals surface area contributed by atoms with Crippen LogP contribution in [0.1, 0.15) is 54.5 Å². The van der Waals surface area contributed by atoms with Crippen molar-refractivity contribution in [1.29, 1.82) is 0 Å². The first-order chi connectivity index (χ1) is 12.2. The maximum Gasteiger partial charge on any atom is 0.407 e. The number of amides is 2. The Morgan fingerprint density at radius 1 is 1.19 bits per heavy atom. The molecule has 140 valence electrons. The molecule has 1 atom stereocenters. The van der Waals surface area contributed by atoms with E-state index in [0.717, 1.165) is 10.4 Å². The molecule has 1 aromatic heterocycles. The zero-order chi connectivity index (χ0) is 19.3. The van der Waals surface area contributed by atoms with Gasteiger partial charge in [0, 0.05) is 24.0 Å². The van der Waals surface area contributed by atoms with Crippen LogP contribution in [0.3, 0.4) is 0 Å². The normalized spacial score (nSPS) is 12.3. The van der Waals surface area contributed by atoms with Crippen molar-refractivity contribution in [3.63, 3.8) is 0 Å². The largest absolute Gasteiger partial charge is 0.444 e. The first-order valence-corrected chi connectivity index (χ1v) is 9.41. The van der Waals surface area contributed by atoms with Gasteiger partial charge in [0.1, 0.15) is 5.60 Å². The van der Waals surface area contributed by atoms with Crippen molar-refractivity contribution < 1.29 is 14.3 Å². The van der Waals surface area contributed by atoms with Gasteiger partial charge in [0.25, 0.3) is 5.91 Å². The van der Waals surface area contributed by atoms with Crippen molar-refractivity contribution in [2.45, 2.75) is 45.9 Å². The number of benzene rings is 1. The second-order valence-corrected chi connectivity index (χ2v) is 8.14. The lowest BCUT2D eigenvalue weighted by atomic mass is 10.1. The van der Waals surface area contributed by atoms with E-state index < -0.39 is 11.7 Å². The molecule has 1 aromatic carbocycles. The predicted molar refractivity (Wildman–Crippen MR) is 104 cm³/mol. The molecule has 1 N–H and O–H groups in total. The number of nitrogens with zero attached hydrogens (tertiary/aromatic N) is 1. The first-order valence-electron chi connectivity index (χ1n) is 8.54. The second-order valence-electron chi connectivity index (χ2n) is 7.16. The Kier molecular flexibility index (Phi) is 6.42. The molecule has 26 heavy (non-hydrogen) atoms. The van der Waals surface area contributed by atoms with Crippen LogP contribution in [0.25, 0.3) is 0 Å². The van der Waals surface area contributed by atoms with Crippen LogP contribution in [0, 0.1) is 0 Å². The summed E-state index contributed by atoms with van der Waals surface area (Å²) in [5.41, 5.74) is 1.00. The Hall–Kier alpha value is -2.34. The summed E-state index contributed by atoms with van der Waals surface area (Å²) in [6, 6.07) is 11.3. The molecule has 0 saturated carbocycles. The van der Waals surface area contributed by atoms with Gasteiger partial charge >= 0.3 is 6.09 Å². The van der Waals surface area contributed by atoms with Crippen molar-refractivity contribution >= 4 is 23.3 Å². The maximum atomic E-state index is 12.7. The van der Waals surface area contributed by atoms with Gasteiger partial charge in [-0.1, -0.05) is 18.2 Å². The summed E-state index contributed by atoms with van der Waals surface area (Å²) in [4.78, 5) is 27.2. The summed E-state index contributed by atoms with van der Waals surface area (Å²) in [6.07, 6.45) is -0.456. The highest BCUT2D eigenvalue weighted by atomic mass is 32.1. The fraction of sp³-hybridized carbons (Fsp3) is 0.400. The Morgan fingerprint density at radius 2 is 1.85 bits per heavy atom. The standard InChI is InChI=1S/C20H26N2O3S/c1-14(17-7-6-12-26-17)22(5)18(23)16-10-8-15(9-11-16)13-21-19(24)25-20(2,3)4/h6-12,14H,13H2,1-5H3,(H,21,24)/t14-/m0/s1. The minimum Gasteiger partial charge on any atom is -0.444 e. The molecule has 5 nitrogen and oxygen atoms in total. The maximum absolute atomic E-state index is 12.7. The van der Waals surface area contributed by atoms with E-state index in [1.54, 1.807) is 28.4 Å². The van der Waals surface area contributed by atoms with Gasteiger partial charge in [-0.25, -0.2) is 4.79 Å². The molecule has 0 fully saturated rings. The highest BCUT2D eigenvalue weighted by Gasteiger charge is 2.20. The van der Waals surface area contributed by atoms with E-state index in [1.807, 2.05) is 64.4 Å². The second kappa shape index (κ2) is 8.36. The third-order valence-corrected chi connectivity index (χ3v) is 4.94. The molecule has 0 aliphatic heterocycles. The summed E-state index contributed by atoms with van der Waals surface area (Å²) >= 11 is 1.64. The number of nitrogens with one attached hydrogen (secondary N) is 1. The van der Waals surface area contributed by atoms with Gasteiger partial charge in [-0.05, 0) is 56.8 Å². The fourth-order valence-electron chi connectivity index (χ4n) is 2.35. The van der Waals surface area contributed by atoms with E-state index in [0.29, 0.717) is 12.1 Å². The molecule has 2 rings (SSSR count). The molecule has 2 aromatic rings. The molecule has 0 aliphatic carbocycles. The van der Waals surface area contributed by atoms with Crippen LogP contribution in [0.15, 0.2) is 41.8 Å². The quantitative estimate of drug-likeness (QED) is 0.832. The van der Waals surface area contributed by atoms with Gasteiger partial charge in [-0.15, -0.1) is 11.3 Å². The van der Waals surface area contributed by atoms with Crippen LogP contribution in [0.2, 0.25) is 0 Å². The Labute approximate surface area is 159 Å². The van der Waals surface area contributed by atoms with Crippen LogP contribution < -0.4 is 5.32 Å². The highest BCUT2D eigenvalue weighted by molar-refractivity contribution is 7.10. The average molecular weight is 375 g/mol. The molecule has 0 unspecified atom stereocenters. The van der Waals surface area contributed by atoms with Crippen molar-refractivity contribution in [3.05, 3.63) is 57.8 Å². The summed E-state index contributed by atoms with van der Waals surface area (Å²) in [7, 11) is 1.81. The van der Waals surface area contributed by atoms with Crippen LogP contribution in [-0.2, 0) is 11.3 Å². The summed E-state index contributed by atoms with van der Waals surface area (Å²) in [6.45, 7) is 7.83. The molecule has 0 bridgehead atoms. The number of ether oxygens (including phenoxy) is 1. The zero-order valence-corrected chi connectivity index (χ0v) is 16.7. The molecular weight excluding hydrogens is 348 g/mol. The Bertz CT molecular complexity index is 733. The zero-order valence-electron chi connectivity index (χ0n) is 15.9. The van der Waals surface area contributed by atoms with Crippen molar-refractivity contribution in [3.8, 4) is 0 Å². The van der Waals surface area contributed by atoms with Gasteiger partial charge in [-0.2, -0.15) is 0 Å². The molecule has 0 saturated heterocycles. The predicted octanol–water partition coefficient (Wildman–Crippen LogP) is 4.61. The summed E-state index contributed by atoms with van der Waals surface area (Å²) in [5.74, 6) is -0.0300. The number of thiophene rings is 1. The lowest BCUT2D eigenvalue weighted by Gasteiger charge is -2.24. The molecule has 0 aliphatic rings. The van der Waals surface area contributed by atoms with E-state index in [9.17, 15) is 9.59 Å². The minimum absolute atomic E-state index is 0.0241. The summed E-state index contributed by atoms with van der Waals surface area (Å²) < 4.78 is 5.20. The first kappa shape index (κ1) is 20.0. The number of hydrogen-bond donors (Lipinski definition) is 1. The SMILES string of the molecule is C[C@@H](c1cccs1)N(C)C(=O)c1ccc(CNC(=O)OC(C)(C)C)cc1. The number of hydrogen-bond acceptors (Lipinski definition) is 4. The Balaban J connectivity index is 1.94. The number of alkyl carbamates (subject to hydrolysis) is 1. The van der Waals surface area contributed by atoms with Crippen molar-refractivity contribution in [2.75, 3.05) is 7.05 Å². The van der Waals surface area contributed by atoms with Gasteiger partial charge in [0.2, 0.25) is 0 Å². The molecule has 0 spiro atoms. The number of carbonyl (C=O) groups excluding carboxylic acids is 2. The van der Waals surface area contributed by atoms with Crippen LogP contribution in [-0.4, -0.2) is 29.5 Å². The molecule has 2 amide bonds. The lowest BCUT2D eigenvalue weighted by Crippen LogP contribution is -2.32. The van der Waals surface area contributed by atoms with E-state index in [2.05, 4.69) is 5.32 Å². The highest BCUT2D eigenvalue weighted by Crippen LogP contribution is 2.24. The van der Waals surface area contributed by atoms with Crippen LogP contribution in [0.5, 0.6) is 0 Å². The number of carbonyl (C=O) groups is 2. The van der Waals surface area contributed by atoms with E-state index in [-0.39, 0.29) is 11.9 Å². The third-order valence-electron chi connectivity index (χ3n) is 3.89. The molecular formula is C20H26N2O3S. The van der Waals surface area contributed by atoms with Crippen LogP contribution in [0.4, 0.5) is 4.79 Å². The van der Waals surface area contributed by atoms with Crippen LogP contribution >= 0.6 is 11.3 Å². The monoisotopic (exact) mass is 374 g/mol. The van der Waals surface area contributed by atoms with E-state index >= 15 is 0 Å². The van der Waals surface area contributed by atoms with Gasteiger partial charge in [-0.3, -0.25) is 4.79 Å².